The van der Waals surface area contributed by atoms with E-state index in [9.17, 15) is 19.2 Å². The molecule has 0 heterocycles. The van der Waals surface area contributed by atoms with Gasteiger partial charge in [-0.15, -0.1) is 0 Å². The van der Waals surface area contributed by atoms with E-state index in [1.807, 2.05) is 18.2 Å². The lowest BCUT2D eigenvalue weighted by Gasteiger charge is -2.34. The van der Waals surface area contributed by atoms with E-state index >= 15 is 0 Å². The number of Topliss-reactive ketones (excluding diaryl/α,β-unsaturated/α-hetero) is 1. The Bertz CT molecular complexity index is 624. The quantitative estimate of drug-likeness (QED) is 0.515. The second-order valence-corrected chi connectivity index (χ2v) is 6.41. The number of hydrogen-bond donors (Lipinski definition) is 3. The number of hydrogen-bond acceptors (Lipinski definition) is 5. The van der Waals surface area contributed by atoms with Gasteiger partial charge in [0.25, 0.3) is 11.8 Å². The van der Waals surface area contributed by atoms with Crippen LogP contribution in [0.25, 0.3) is 0 Å². The van der Waals surface area contributed by atoms with E-state index in [0.717, 1.165) is 6.42 Å². The number of nitrogens with one attached hydrogen (secondary N) is 2. The minimum absolute atomic E-state index is 0.296. The number of nitrogens with two attached hydrogens (primary N) is 1. The Morgan fingerprint density at radius 3 is 2.44 bits per heavy atom. The zero-order valence-electron chi connectivity index (χ0n) is 15.1. The zero-order chi connectivity index (χ0) is 19.2. The minimum Gasteiger partial charge on any atom is -0.346 e. The van der Waals surface area contributed by atoms with Gasteiger partial charge in [-0.25, -0.2) is 0 Å². The van der Waals surface area contributed by atoms with E-state index in [1.165, 1.54) is 4.90 Å². The number of ketones is 1. The van der Waals surface area contributed by atoms with Crippen LogP contribution in [0.1, 0.15) is 20.3 Å². The lowest BCUT2D eigenvalue weighted by Crippen LogP contribution is -2.59. The van der Waals surface area contributed by atoms with E-state index in [2.05, 4.69) is 17.6 Å². The van der Waals surface area contributed by atoms with Gasteiger partial charge in [0.05, 0.1) is 13.1 Å². The van der Waals surface area contributed by atoms with E-state index in [-0.39, 0.29) is 5.91 Å². The van der Waals surface area contributed by atoms with Crippen molar-refractivity contribution in [1.29, 1.82) is 0 Å². The molecule has 0 aromatic rings. The van der Waals surface area contributed by atoms with Crippen molar-refractivity contribution in [2.24, 2.45) is 11.7 Å². The van der Waals surface area contributed by atoms with Crippen LogP contribution in [0, 0.1) is 5.92 Å². The Hall–Kier alpha value is -2.48. The van der Waals surface area contributed by atoms with Gasteiger partial charge in [0.1, 0.15) is 5.54 Å². The van der Waals surface area contributed by atoms with Gasteiger partial charge in [-0.1, -0.05) is 25.2 Å². The minimum atomic E-state index is -1.26. The molecule has 8 nitrogen and oxygen atoms in total. The number of allylic oxidation sites excluding steroid dienone is 2. The first-order valence-corrected chi connectivity index (χ1v) is 8.04. The van der Waals surface area contributed by atoms with Crippen LogP contribution in [0.4, 0.5) is 0 Å². The number of amides is 3. The summed E-state index contributed by atoms with van der Waals surface area (Å²) in [6.07, 6.45) is 6.49. The van der Waals surface area contributed by atoms with Gasteiger partial charge in [0.15, 0.2) is 0 Å². The molecule has 138 valence electrons. The van der Waals surface area contributed by atoms with Crippen molar-refractivity contribution in [2.75, 3.05) is 27.2 Å². The van der Waals surface area contributed by atoms with Gasteiger partial charge >= 0.3 is 0 Å². The molecular formula is C17H26N4O4. The smallest absolute Gasteiger partial charge is 0.289 e. The number of nitrogens with zero attached hydrogens (tertiary/aromatic N) is 1. The molecule has 0 radical (unpaired) electrons. The van der Waals surface area contributed by atoms with Crippen molar-refractivity contribution in [3.63, 3.8) is 0 Å². The molecular weight excluding hydrogens is 324 g/mol. The SMILES string of the molecule is CC1C=CC(C(C)(NC(=O)CNC(=O)C(=O)CN)C(=O)N(C)C)=CC1. The van der Waals surface area contributed by atoms with Crippen molar-refractivity contribution >= 4 is 23.5 Å². The van der Waals surface area contributed by atoms with Crippen LogP contribution in [0.3, 0.4) is 0 Å². The molecule has 1 rings (SSSR count). The highest BCUT2D eigenvalue weighted by atomic mass is 16.2. The summed E-state index contributed by atoms with van der Waals surface area (Å²) in [7, 11) is 3.20. The molecule has 4 N–H and O–H groups in total. The molecule has 0 aromatic heterocycles. The molecule has 0 aromatic carbocycles. The molecule has 0 spiro atoms. The zero-order valence-corrected chi connectivity index (χ0v) is 15.1. The normalized spacial score (nSPS) is 18.6. The van der Waals surface area contributed by atoms with Crippen molar-refractivity contribution in [2.45, 2.75) is 25.8 Å². The van der Waals surface area contributed by atoms with Crippen LogP contribution in [-0.2, 0) is 19.2 Å². The van der Waals surface area contributed by atoms with E-state index in [0.29, 0.717) is 11.5 Å². The molecule has 0 bridgehead atoms. The third-order valence-corrected chi connectivity index (χ3v) is 3.96. The highest BCUT2D eigenvalue weighted by Crippen LogP contribution is 2.26. The average Bonchev–Trinajstić information content (AvgIpc) is 2.58. The predicted octanol–water partition coefficient (Wildman–Crippen LogP) is -0.884. The van der Waals surface area contributed by atoms with Crippen molar-refractivity contribution in [3.8, 4) is 0 Å². The number of carbonyl (C=O) groups excluding carboxylic acids is 4. The Labute approximate surface area is 147 Å². The summed E-state index contributed by atoms with van der Waals surface area (Å²) in [6, 6.07) is 0. The van der Waals surface area contributed by atoms with Crippen LogP contribution < -0.4 is 16.4 Å². The number of rotatable bonds is 7. The third kappa shape index (κ3) is 5.25. The summed E-state index contributed by atoms with van der Waals surface area (Å²) in [5.74, 6) is -2.25. The summed E-state index contributed by atoms with van der Waals surface area (Å²) in [4.78, 5) is 48.8. The second kappa shape index (κ2) is 8.57. The summed E-state index contributed by atoms with van der Waals surface area (Å²) < 4.78 is 0. The maximum atomic E-state index is 12.7. The first-order valence-electron chi connectivity index (χ1n) is 8.04. The lowest BCUT2D eigenvalue weighted by atomic mass is 9.84. The standard InChI is InChI=1S/C17H26N4O4/c1-11-5-7-12(8-6-11)17(2,16(25)21(3)4)20-14(23)10-19-15(24)13(22)9-18/h5,7-8,11H,6,9-10,18H2,1-4H3,(H,19,24)(H,20,23). The van der Waals surface area contributed by atoms with E-state index in [1.54, 1.807) is 21.0 Å². The number of carbonyl (C=O) groups is 4. The number of likely N-dealkylation sites (N-methyl/N-ethyl adjacent to an activating group) is 1. The maximum Gasteiger partial charge on any atom is 0.289 e. The van der Waals surface area contributed by atoms with E-state index < -0.39 is 36.2 Å². The Balaban J connectivity index is 2.90. The van der Waals surface area contributed by atoms with Crippen LogP contribution >= 0.6 is 0 Å². The molecule has 2 unspecified atom stereocenters. The molecule has 1 aliphatic carbocycles. The fraction of sp³-hybridized carbons (Fsp3) is 0.529. The summed E-state index contributed by atoms with van der Waals surface area (Å²) >= 11 is 0. The molecule has 25 heavy (non-hydrogen) atoms. The van der Waals surface area contributed by atoms with Gasteiger partial charge in [-0.05, 0) is 24.8 Å². The molecule has 0 aliphatic heterocycles. The van der Waals surface area contributed by atoms with Crippen LogP contribution in [0.2, 0.25) is 0 Å². The topological polar surface area (TPSA) is 122 Å². The van der Waals surface area contributed by atoms with E-state index in [4.69, 9.17) is 5.73 Å². The molecule has 3 amide bonds. The van der Waals surface area contributed by atoms with Gasteiger partial charge in [0, 0.05) is 14.1 Å². The molecule has 2 atom stereocenters. The fourth-order valence-corrected chi connectivity index (χ4v) is 2.47. The fourth-order valence-electron chi connectivity index (χ4n) is 2.47. The van der Waals surface area contributed by atoms with Crippen molar-refractivity contribution in [1.82, 2.24) is 15.5 Å². The average molecular weight is 350 g/mol. The second-order valence-electron chi connectivity index (χ2n) is 6.41. The summed E-state index contributed by atoms with van der Waals surface area (Å²) in [6.45, 7) is 2.82. The van der Waals surface area contributed by atoms with Crippen LogP contribution in [0.15, 0.2) is 23.8 Å². The van der Waals surface area contributed by atoms with Gasteiger partial charge in [-0.2, -0.15) is 0 Å². The van der Waals surface area contributed by atoms with Crippen LogP contribution in [-0.4, -0.2) is 61.1 Å². The first-order chi connectivity index (χ1) is 11.6. The molecule has 8 heteroatoms. The molecule has 0 saturated heterocycles. The molecule has 0 saturated carbocycles. The Morgan fingerprint density at radius 1 is 1.32 bits per heavy atom. The van der Waals surface area contributed by atoms with Gasteiger partial charge < -0.3 is 21.3 Å². The first kappa shape index (κ1) is 20.6. The predicted molar refractivity (Wildman–Crippen MR) is 93.3 cm³/mol. The summed E-state index contributed by atoms with van der Waals surface area (Å²) in [5.41, 5.74) is 4.50. The maximum absolute atomic E-state index is 12.7. The van der Waals surface area contributed by atoms with Gasteiger partial charge in [0.2, 0.25) is 11.7 Å². The molecule has 1 aliphatic rings. The molecule has 0 fully saturated rings. The van der Waals surface area contributed by atoms with Crippen molar-refractivity contribution in [3.05, 3.63) is 23.8 Å². The summed E-state index contributed by atoms with van der Waals surface area (Å²) in [5, 5.41) is 4.86. The van der Waals surface area contributed by atoms with Crippen molar-refractivity contribution < 1.29 is 19.2 Å². The lowest BCUT2D eigenvalue weighted by molar-refractivity contribution is -0.139. The largest absolute Gasteiger partial charge is 0.346 e. The monoisotopic (exact) mass is 350 g/mol. The third-order valence-electron chi connectivity index (χ3n) is 3.96. The highest BCUT2D eigenvalue weighted by Gasteiger charge is 2.39. The van der Waals surface area contributed by atoms with Crippen LogP contribution in [0.5, 0.6) is 0 Å². The Morgan fingerprint density at radius 2 is 1.96 bits per heavy atom. The highest BCUT2D eigenvalue weighted by molar-refractivity contribution is 6.37. The Kier molecular flexibility index (Phi) is 7.05. The van der Waals surface area contributed by atoms with Gasteiger partial charge in [-0.3, -0.25) is 19.2 Å².